The lowest BCUT2D eigenvalue weighted by Crippen LogP contribution is -2.08. The minimum absolute atomic E-state index is 0.218. The molecule has 0 saturated carbocycles. The Bertz CT molecular complexity index is 216. The lowest BCUT2D eigenvalue weighted by Gasteiger charge is -2.16. The first-order valence-electron chi connectivity index (χ1n) is 5.80. The van der Waals surface area contributed by atoms with Crippen molar-refractivity contribution in [2.45, 2.75) is 40.0 Å². The summed E-state index contributed by atoms with van der Waals surface area (Å²) >= 11 is 0. The molecule has 0 aromatic rings. The maximum Gasteiger partial charge on any atom is 0.306 e. The van der Waals surface area contributed by atoms with E-state index in [2.05, 4.69) is 0 Å². The van der Waals surface area contributed by atoms with E-state index >= 15 is 0 Å². The van der Waals surface area contributed by atoms with Crippen LogP contribution in [0.2, 0.25) is 0 Å². The first-order chi connectivity index (χ1) is 7.08. The summed E-state index contributed by atoms with van der Waals surface area (Å²) in [6, 6.07) is 0. The van der Waals surface area contributed by atoms with E-state index < -0.39 is 7.14 Å². The molecule has 3 nitrogen and oxygen atoms in total. The Kier molecular flexibility index (Phi) is 7.76. The zero-order valence-corrected chi connectivity index (χ0v) is 11.0. The lowest BCUT2D eigenvalue weighted by molar-refractivity contribution is -0.142. The zero-order chi connectivity index (χ0) is 11.7. The van der Waals surface area contributed by atoms with Gasteiger partial charge in [-0.25, -0.2) is 0 Å². The highest BCUT2D eigenvalue weighted by molar-refractivity contribution is 7.63. The summed E-state index contributed by atoms with van der Waals surface area (Å²) in [6.45, 7) is 6.26. The van der Waals surface area contributed by atoms with Crippen LogP contribution in [0.4, 0.5) is 0 Å². The highest BCUT2D eigenvalue weighted by atomic mass is 31.2. The Hall–Kier alpha value is -0.300. The number of carbonyl (C=O) groups excluding carboxylic acids is 1. The summed E-state index contributed by atoms with van der Waals surface area (Å²) in [5, 5.41) is 0. The standard InChI is InChI=1S/C11H23O3P/c1-4-8-15(13,9-5-2)10-7-11(12)14-6-3/h4-10H2,1-3H3. The van der Waals surface area contributed by atoms with Crippen molar-refractivity contribution < 1.29 is 14.1 Å². The fourth-order valence-corrected chi connectivity index (χ4v) is 4.57. The second-order valence-corrected chi connectivity index (χ2v) is 7.24. The van der Waals surface area contributed by atoms with Crippen molar-refractivity contribution in [3.63, 3.8) is 0 Å². The van der Waals surface area contributed by atoms with Gasteiger partial charge in [-0.05, 0) is 19.8 Å². The molecule has 0 fully saturated rings. The third kappa shape index (κ3) is 6.72. The Morgan fingerprint density at radius 1 is 1.07 bits per heavy atom. The molecule has 0 radical (unpaired) electrons. The molecule has 0 unspecified atom stereocenters. The molecular weight excluding hydrogens is 211 g/mol. The molecule has 0 aliphatic heterocycles. The Morgan fingerprint density at radius 2 is 1.60 bits per heavy atom. The fourth-order valence-electron chi connectivity index (χ4n) is 1.68. The summed E-state index contributed by atoms with van der Waals surface area (Å²) in [6.07, 6.45) is 4.22. The predicted octanol–water partition coefficient (Wildman–Crippen LogP) is 3.12. The molecule has 0 aliphatic carbocycles. The van der Waals surface area contributed by atoms with E-state index in [-0.39, 0.29) is 5.97 Å². The molecule has 0 aromatic heterocycles. The van der Waals surface area contributed by atoms with Crippen LogP contribution < -0.4 is 0 Å². The number of hydrogen-bond acceptors (Lipinski definition) is 3. The number of hydrogen-bond donors (Lipinski definition) is 0. The maximum absolute atomic E-state index is 12.3. The van der Waals surface area contributed by atoms with Crippen molar-refractivity contribution in [2.24, 2.45) is 0 Å². The van der Waals surface area contributed by atoms with Gasteiger partial charge in [-0.3, -0.25) is 4.79 Å². The molecule has 0 aliphatic rings. The number of carbonyl (C=O) groups is 1. The van der Waals surface area contributed by atoms with E-state index in [1.54, 1.807) is 6.92 Å². The van der Waals surface area contributed by atoms with Gasteiger partial charge in [0, 0.05) is 18.5 Å². The molecule has 0 bridgehead atoms. The largest absolute Gasteiger partial charge is 0.466 e. The summed E-state index contributed by atoms with van der Waals surface area (Å²) < 4.78 is 17.1. The average Bonchev–Trinajstić information content (AvgIpc) is 2.16. The van der Waals surface area contributed by atoms with E-state index in [4.69, 9.17) is 4.74 Å². The van der Waals surface area contributed by atoms with Crippen LogP contribution in [-0.4, -0.2) is 31.1 Å². The molecule has 0 atom stereocenters. The average molecular weight is 234 g/mol. The normalized spacial score (nSPS) is 11.4. The first-order valence-corrected chi connectivity index (χ1v) is 8.07. The summed E-state index contributed by atoms with van der Waals surface area (Å²) in [4.78, 5) is 11.2. The smallest absolute Gasteiger partial charge is 0.306 e. The van der Waals surface area contributed by atoms with E-state index in [0.717, 1.165) is 25.2 Å². The SMILES string of the molecule is CCCP(=O)(CCC)CCC(=O)OCC. The second-order valence-electron chi connectivity index (χ2n) is 3.78. The summed E-state index contributed by atoms with van der Waals surface area (Å²) in [5.74, 6) is -0.218. The lowest BCUT2D eigenvalue weighted by atomic mass is 10.5. The van der Waals surface area contributed by atoms with Crippen LogP contribution in [0, 0.1) is 0 Å². The highest BCUT2D eigenvalue weighted by Gasteiger charge is 2.21. The summed E-state index contributed by atoms with van der Waals surface area (Å²) in [7, 11) is -2.10. The quantitative estimate of drug-likeness (QED) is 0.478. The molecule has 0 spiro atoms. The number of rotatable bonds is 8. The van der Waals surface area contributed by atoms with Crippen LogP contribution >= 0.6 is 7.14 Å². The molecule has 0 amide bonds. The van der Waals surface area contributed by atoms with Gasteiger partial charge in [-0.2, -0.15) is 0 Å². The fraction of sp³-hybridized carbons (Fsp3) is 0.909. The van der Waals surface area contributed by atoms with Gasteiger partial charge in [0.2, 0.25) is 0 Å². The maximum atomic E-state index is 12.3. The number of ether oxygens (including phenoxy) is 1. The van der Waals surface area contributed by atoms with E-state index in [1.165, 1.54) is 0 Å². The monoisotopic (exact) mass is 234 g/mol. The number of esters is 1. The van der Waals surface area contributed by atoms with E-state index in [0.29, 0.717) is 19.2 Å². The van der Waals surface area contributed by atoms with Crippen molar-refractivity contribution >= 4 is 13.1 Å². The molecule has 0 saturated heterocycles. The minimum atomic E-state index is -2.10. The predicted molar refractivity (Wildman–Crippen MR) is 64.0 cm³/mol. The van der Waals surface area contributed by atoms with Crippen LogP contribution in [-0.2, 0) is 14.1 Å². The highest BCUT2D eigenvalue weighted by Crippen LogP contribution is 2.47. The molecule has 0 N–H and O–H groups in total. The van der Waals surface area contributed by atoms with Crippen molar-refractivity contribution in [3.8, 4) is 0 Å². The van der Waals surface area contributed by atoms with Crippen LogP contribution in [0.25, 0.3) is 0 Å². The molecular formula is C11H23O3P. The van der Waals surface area contributed by atoms with Crippen molar-refractivity contribution in [2.75, 3.05) is 25.1 Å². The van der Waals surface area contributed by atoms with E-state index in [9.17, 15) is 9.36 Å². The second kappa shape index (κ2) is 7.92. The molecule has 4 heteroatoms. The van der Waals surface area contributed by atoms with Gasteiger partial charge in [0.15, 0.2) is 0 Å². The Morgan fingerprint density at radius 3 is 2.00 bits per heavy atom. The van der Waals surface area contributed by atoms with Crippen molar-refractivity contribution in [1.82, 2.24) is 0 Å². The minimum Gasteiger partial charge on any atom is -0.466 e. The van der Waals surface area contributed by atoms with Gasteiger partial charge in [0.05, 0.1) is 20.2 Å². The van der Waals surface area contributed by atoms with Gasteiger partial charge in [-0.15, -0.1) is 0 Å². The van der Waals surface area contributed by atoms with Gasteiger partial charge in [0.1, 0.15) is 0 Å². The Labute approximate surface area is 93.0 Å². The molecule has 0 rings (SSSR count). The Balaban J connectivity index is 4.06. The van der Waals surface area contributed by atoms with Gasteiger partial charge in [-0.1, -0.05) is 13.8 Å². The third-order valence-corrected chi connectivity index (χ3v) is 5.85. The van der Waals surface area contributed by atoms with Gasteiger partial charge in [0.25, 0.3) is 0 Å². The first kappa shape index (κ1) is 14.7. The van der Waals surface area contributed by atoms with Crippen molar-refractivity contribution in [1.29, 1.82) is 0 Å². The van der Waals surface area contributed by atoms with Crippen LogP contribution in [0.5, 0.6) is 0 Å². The van der Waals surface area contributed by atoms with Crippen LogP contribution in [0.15, 0.2) is 0 Å². The van der Waals surface area contributed by atoms with Gasteiger partial charge < -0.3 is 9.30 Å². The zero-order valence-electron chi connectivity index (χ0n) is 10.1. The topological polar surface area (TPSA) is 43.4 Å². The van der Waals surface area contributed by atoms with E-state index in [1.807, 2.05) is 13.8 Å². The molecule has 90 valence electrons. The molecule has 15 heavy (non-hydrogen) atoms. The van der Waals surface area contributed by atoms with Gasteiger partial charge >= 0.3 is 5.97 Å². The summed E-state index contributed by atoms with van der Waals surface area (Å²) in [5.41, 5.74) is 0. The molecule has 0 aromatic carbocycles. The van der Waals surface area contributed by atoms with Crippen LogP contribution in [0.1, 0.15) is 40.0 Å². The molecule has 0 heterocycles. The van der Waals surface area contributed by atoms with Crippen LogP contribution in [0.3, 0.4) is 0 Å². The van der Waals surface area contributed by atoms with Crippen molar-refractivity contribution in [3.05, 3.63) is 0 Å². The third-order valence-electron chi connectivity index (χ3n) is 2.29.